The topological polar surface area (TPSA) is 105 Å². The Morgan fingerprint density at radius 2 is 2.00 bits per heavy atom. The molecule has 8 heteroatoms. The molecule has 0 bridgehead atoms. The number of nitrogens with one attached hydrogen (secondary N) is 1. The van der Waals surface area contributed by atoms with Gasteiger partial charge < -0.3 is 16.5 Å². The van der Waals surface area contributed by atoms with Crippen molar-refractivity contribution in [1.82, 2.24) is 9.97 Å². The van der Waals surface area contributed by atoms with Crippen molar-refractivity contribution in [3.63, 3.8) is 0 Å². The van der Waals surface area contributed by atoms with Gasteiger partial charge in [-0.05, 0) is 24.5 Å². The van der Waals surface area contributed by atoms with Crippen molar-refractivity contribution in [2.45, 2.75) is 20.3 Å². The van der Waals surface area contributed by atoms with Crippen LogP contribution in [0.2, 0.25) is 0 Å². The summed E-state index contributed by atoms with van der Waals surface area (Å²) in [4.78, 5) is 7.36. The second-order valence-corrected chi connectivity index (χ2v) is 4.82. The summed E-state index contributed by atoms with van der Waals surface area (Å²) in [6.45, 7) is 4.24. The number of aromatic nitrogens is 2. The highest BCUT2D eigenvalue weighted by atomic mass is 35.5. The molecule has 2 aromatic rings. The van der Waals surface area contributed by atoms with Gasteiger partial charge in [-0.25, -0.2) is 0 Å². The van der Waals surface area contributed by atoms with Gasteiger partial charge >= 0.3 is 0 Å². The molecule has 116 valence electrons. The summed E-state index contributed by atoms with van der Waals surface area (Å²) >= 11 is 0. The second-order valence-electron chi connectivity index (χ2n) is 4.82. The van der Waals surface area contributed by atoms with Crippen molar-refractivity contribution < 1.29 is 0 Å². The third kappa shape index (κ3) is 5.24. The molecule has 21 heavy (non-hydrogen) atoms. The van der Waals surface area contributed by atoms with Gasteiger partial charge in [-0.2, -0.15) is 0 Å². The average Bonchev–Trinajstić information content (AvgIpc) is 2.77. The van der Waals surface area contributed by atoms with E-state index in [4.69, 9.17) is 11.5 Å². The van der Waals surface area contributed by atoms with Gasteiger partial charge in [-0.15, -0.1) is 35.0 Å². The fourth-order valence-corrected chi connectivity index (χ4v) is 1.84. The standard InChI is InChI=1S/C13H18N6.2ClH/c1-8(2)5-11(18-19-13(14)15)10-6-9-3-4-16-7-12(9)17-10;;/h3-4,6-8,17H,5H2,1-2H3,(H4,14,15,19);2*1H. The molecule has 0 amide bonds. The van der Waals surface area contributed by atoms with Crippen molar-refractivity contribution >= 4 is 47.4 Å². The Kier molecular flexibility index (Phi) is 7.76. The highest BCUT2D eigenvalue weighted by Gasteiger charge is 2.10. The van der Waals surface area contributed by atoms with Crippen LogP contribution in [-0.2, 0) is 0 Å². The lowest BCUT2D eigenvalue weighted by atomic mass is 10.0. The predicted octanol–water partition coefficient (Wildman–Crippen LogP) is 2.43. The quantitative estimate of drug-likeness (QED) is 0.455. The van der Waals surface area contributed by atoms with Gasteiger partial charge in [0.1, 0.15) is 0 Å². The molecule has 0 saturated heterocycles. The molecule has 0 aliphatic heterocycles. The molecule has 0 saturated carbocycles. The van der Waals surface area contributed by atoms with E-state index in [2.05, 4.69) is 34.0 Å². The number of halogens is 2. The molecule has 0 aliphatic rings. The van der Waals surface area contributed by atoms with Crippen LogP contribution >= 0.6 is 24.8 Å². The van der Waals surface area contributed by atoms with Crippen LogP contribution in [0.15, 0.2) is 34.7 Å². The molecule has 0 fully saturated rings. The number of guanidine groups is 1. The summed E-state index contributed by atoms with van der Waals surface area (Å²) in [5.74, 6) is 0.413. The van der Waals surface area contributed by atoms with Crippen molar-refractivity contribution in [3.8, 4) is 0 Å². The predicted molar refractivity (Wildman–Crippen MR) is 92.4 cm³/mol. The first-order chi connectivity index (χ1) is 9.06. The minimum absolute atomic E-state index is 0. The first-order valence-corrected chi connectivity index (χ1v) is 6.15. The summed E-state index contributed by atoms with van der Waals surface area (Å²) in [5.41, 5.74) is 13.4. The zero-order chi connectivity index (χ0) is 13.8. The molecule has 2 heterocycles. The van der Waals surface area contributed by atoms with Crippen LogP contribution in [0, 0.1) is 5.92 Å². The average molecular weight is 331 g/mol. The Morgan fingerprint density at radius 1 is 1.29 bits per heavy atom. The maximum Gasteiger partial charge on any atom is 0.211 e. The third-order valence-corrected chi connectivity index (χ3v) is 2.62. The fourth-order valence-electron chi connectivity index (χ4n) is 1.84. The van der Waals surface area contributed by atoms with E-state index in [9.17, 15) is 0 Å². The van der Waals surface area contributed by atoms with Crippen molar-refractivity contribution in [2.75, 3.05) is 0 Å². The monoisotopic (exact) mass is 330 g/mol. The Hall–Kier alpha value is -1.79. The van der Waals surface area contributed by atoms with Gasteiger partial charge in [0.2, 0.25) is 5.96 Å². The molecule has 5 N–H and O–H groups in total. The highest BCUT2D eigenvalue weighted by molar-refractivity contribution is 6.03. The Morgan fingerprint density at radius 3 is 2.57 bits per heavy atom. The van der Waals surface area contributed by atoms with E-state index in [0.717, 1.165) is 28.7 Å². The van der Waals surface area contributed by atoms with Crippen LogP contribution in [0.3, 0.4) is 0 Å². The van der Waals surface area contributed by atoms with E-state index >= 15 is 0 Å². The van der Waals surface area contributed by atoms with Gasteiger partial charge in [-0.3, -0.25) is 4.98 Å². The van der Waals surface area contributed by atoms with Crippen LogP contribution in [0.4, 0.5) is 0 Å². The zero-order valence-electron chi connectivity index (χ0n) is 11.9. The summed E-state index contributed by atoms with van der Waals surface area (Å²) in [6.07, 6.45) is 4.33. The van der Waals surface area contributed by atoms with E-state index in [0.29, 0.717) is 5.92 Å². The van der Waals surface area contributed by atoms with E-state index in [1.54, 1.807) is 12.4 Å². The lowest BCUT2D eigenvalue weighted by Gasteiger charge is -2.05. The molecule has 0 spiro atoms. The molecule has 0 aromatic carbocycles. The van der Waals surface area contributed by atoms with Gasteiger partial charge in [0.15, 0.2) is 0 Å². The number of nitrogens with zero attached hydrogens (tertiary/aromatic N) is 3. The van der Waals surface area contributed by atoms with E-state index in [1.807, 2.05) is 12.1 Å². The molecular weight excluding hydrogens is 311 g/mol. The van der Waals surface area contributed by atoms with E-state index in [-0.39, 0.29) is 30.8 Å². The lowest BCUT2D eigenvalue weighted by Crippen LogP contribution is -2.22. The van der Waals surface area contributed by atoms with Crippen LogP contribution in [0.25, 0.3) is 10.9 Å². The smallest absolute Gasteiger partial charge is 0.211 e. The molecule has 2 rings (SSSR count). The normalized spacial score (nSPS) is 10.9. The van der Waals surface area contributed by atoms with Crippen molar-refractivity contribution in [1.29, 1.82) is 0 Å². The van der Waals surface area contributed by atoms with E-state index < -0.39 is 0 Å². The number of hydrogen-bond acceptors (Lipinski definition) is 3. The number of hydrogen-bond donors (Lipinski definition) is 3. The zero-order valence-corrected chi connectivity index (χ0v) is 13.5. The largest absolute Gasteiger partial charge is 0.369 e. The minimum Gasteiger partial charge on any atom is -0.369 e. The molecule has 0 atom stereocenters. The number of rotatable bonds is 4. The van der Waals surface area contributed by atoms with Crippen LogP contribution in [-0.4, -0.2) is 21.6 Å². The van der Waals surface area contributed by atoms with Gasteiger partial charge in [0.25, 0.3) is 0 Å². The molecule has 0 radical (unpaired) electrons. The van der Waals surface area contributed by atoms with Crippen molar-refractivity contribution in [3.05, 3.63) is 30.2 Å². The van der Waals surface area contributed by atoms with E-state index in [1.165, 1.54) is 0 Å². The second kappa shape index (κ2) is 8.49. The number of fused-ring (bicyclic) bond motifs is 1. The van der Waals surface area contributed by atoms with Crippen LogP contribution in [0.5, 0.6) is 0 Å². The first-order valence-electron chi connectivity index (χ1n) is 6.15. The molecule has 0 unspecified atom stereocenters. The Balaban J connectivity index is 0.00000200. The van der Waals surface area contributed by atoms with Crippen LogP contribution < -0.4 is 11.5 Å². The number of nitrogens with two attached hydrogens (primary N) is 2. The maximum absolute atomic E-state index is 5.33. The van der Waals surface area contributed by atoms with Gasteiger partial charge in [0, 0.05) is 11.6 Å². The summed E-state index contributed by atoms with van der Waals surface area (Å²) in [7, 11) is 0. The van der Waals surface area contributed by atoms with Gasteiger partial charge in [0.05, 0.1) is 23.1 Å². The number of aromatic amines is 1. The maximum atomic E-state index is 5.33. The minimum atomic E-state index is -0.0426. The SMILES string of the molecule is CC(C)CC(=NN=C(N)N)c1cc2ccncc2[nH]1.Cl.Cl. The first kappa shape index (κ1) is 19.2. The fraction of sp³-hybridized carbons (Fsp3) is 0.308. The molecular formula is C13H20Cl2N6. The molecule has 2 aromatic heterocycles. The third-order valence-electron chi connectivity index (χ3n) is 2.62. The van der Waals surface area contributed by atoms with Crippen molar-refractivity contribution in [2.24, 2.45) is 27.6 Å². The Labute approximate surface area is 135 Å². The summed E-state index contributed by atoms with van der Waals surface area (Å²) < 4.78 is 0. The number of H-pyrrole nitrogens is 1. The summed E-state index contributed by atoms with van der Waals surface area (Å²) in [6, 6.07) is 3.98. The number of pyridine rings is 1. The molecule has 0 aliphatic carbocycles. The van der Waals surface area contributed by atoms with Crippen LogP contribution in [0.1, 0.15) is 26.0 Å². The summed E-state index contributed by atoms with van der Waals surface area (Å²) in [5, 5.41) is 8.97. The Bertz CT molecular complexity index is 595. The van der Waals surface area contributed by atoms with Gasteiger partial charge in [-0.1, -0.05) is 13.8 Å². The highest BCUT2D eigenvalue weighted by Crippen LogP contribution is 2.17. The molecule has 6 nitrogen and oxygen atoms in total. The lowest BCUT2D eigenvalue weighted by molar-refractivity contribution is 0.682.